The van der Waals surface area contributed by atoms with Crippen molar-refractivity contribution in [2.45, 2.75) is 51.5 Å². The molecule has 0 amide bonds. The number of ether oxygens (including phenoxy) is 3. The van der Waals surface area contributed by atoms with Gasteiger partial charge in [-0.2, -0.15) is 0 Å². The summed E-state index contributed by atoms with van der Waals surface area (Å²) >= 11 is 0. The van der Waals surface area contributed by atoms with Gasteiger partial charge in [0.25, 0.3) is 0 Å². The third kappa shape index (κ3) is 0.991. The fraction of sp³-hybridized carbons (Fsp3) is 1.00. The van der Waals surface area contributed by atoms with E-state index in [-0.39, 0.29) is 18.0 Å². The minimum Gasteiger partial charge on any atom is -0.341 e. The SMILES string of the molecule is CC1(C)OC2OC(C)(C)C2O1. The Morgan fingerprint density at radius 3 is 1.91 bits per heavy atom. The molecule has 2 heterocycles. The first-order chi connectivity index (χ1) is 4.91. The lowest BCUT2D eigenvalue weighted by Gasteiger charge is -2.44. The van der Waals surface area contributed by atoms with E-state index in [4.69, 9.17) is 14.2 Å². The molecule has 0 aliphatic carbocycles. The summed E-state index contributed by atoms with van der Waals surface area (Å²) in [4.78, 5) is 0. The van der Waals surface area contributed by atoms with Gasteiger partial charge in [-0.05, 0) is 27.7 Å². The van der Waals surface area contributed by atoms with Crippen LogP contribution in [0, 0.1) is 0 Å². The number of rotatable bonds is 0. The van der Waals surface area contributed by atoms with Gasteiger partial charge in [0.05, 0.1) is 5.60 Å². The van der Waals surface area contributed by atoms with Gasteiger partial charge < -0.3 is 14.2 Å². The van der Waals surface area contributed by atoms with Crippen molar-refractivity contribution in [2.75, 3.05) is 0 Å². The predicted octanol–water partition coefficient (Wildman–Crippen LogP) is 1.27. The van der Waals surface area contributed by atoms with Gasteiger partial charge in [-0.1, -0.05) is 0 Å². The summed E-state index contributed by atoms with van der Waals surface area (Å²) in [5.41, 5.74) is -0.168. The summed E-state index contributed by atoms with van der Waals surface area (Å²) in [7, 11) is 0. The Balaban J connectivity index is 2.11. The van der Waals surface area contributed by atoms with Gasteiger partial charge in [-0.25, -0.2) is 0 Å². The summed E-state index contributed by atoms with van der Waals surface area (Å²) in [6.07, 6.45) is -0.0301. The van der Waals surface area contributed by atoms with Gasteiger partial charge in [-0.3, -0.25) is 0 Å². The quantitative estimate of drug-likeness (QED) is 0.531. The van der Waals surface area contributed by atoms with E-state index in [1.165, 1.54) is 0 Å². The van der Waals surface area contributed by atoms with Crippen LogP contribution in [0.4, 0.5) is 0 Å². The van der Waals surface area contributed by atoms with E-state index >= 15 is 0 Å². The second kappa shape index (κ2) is 1.79. The van der Waals surface area contributed by atoms with E-state index in [9.17, 15) is 0 Å². The van der Waals surface area contributed by atoms with Gasteiger partial charge >= 0.3 is 0 Å². The van der Waals surface area contributed by atoms with Crippen molar-refractivity contribution in [3.8, 4) is 0 Å². The van der Waals surface area contributed by atoms with E-state index in [0.717, 1.165) is 0 Å². The fourth-order valence-electron chi connectivity index (χ4n) is 1.58. The van der Waals surface area contributed by atoms with Crippen LogP contribution in [0.15, 0.2) is 0 Å². The maximum absolute atomic E-state index is 5.62. The molecular formula is C8H14O3. The van der Waals surface area contributed by atoms with Crippen molar-refractivity contribution in [3.63, 3.8) is 0 Å². The van der Waals surface area contributed by atoms with Gasteiger partial charge in [0.1, 0.15) is 6.10 Å². The highest BCUT2D eigenvalue weighted by molar-refractivity contribution is 4.97. The first kappa shape index (κ1) is 7.53. The van der Waals surface area contributed by atoms with Crippen molar-refractivity contribution >= 4 is 0 Å². The smallest absolute Gasteiger partial charge is 0.190 e. The predicted molar refractivity (Wildman–Crippen MR) is 39.0 cm³/mol. The van der Waals surface area contributed by atoms with Crippen LogP contribution in [0.1, 0.15) is 27.7 Å². The Labute approximate surface area is 66.6 Å². The molecule has 64 valence electrons. The molecule has 0 aromatic rings. The molecule has 2 fully saturated rings. The van der Waals surface area contributed by atoms with Crippen LogP contribution in [0.25, 0.3) is 0 Å². The lowest BCUT2D eigenvalue weighted by atomic mass is 9.95. The fourth-order valence-corrected chi connectivity index (χ4v) is 1.58. The Morgan fingerprint density at radius 1 is 0.909 bits per heavy atom. The Hall–Kier alpha value is -0.120. The molecule has 2 atom stereocenters. The summed E-state index contributed by atoms with van der Waals surface area (Å²) in [6, 6.07) is 0. The topological polar surface area (TPSA) is 27.7 Å². The third-order valence-corrected chi connectivity index (χ3v) is 2.16. The average Bonchev–Trinajstić information content (AvgIpc) is 2.04. The zero-order valence-corrected chi connectivity index (χ0v) is 7.38. The molecule has 2 aliphatic rings. The molecule has 11 heavy (non-hydrogen) atoms. The molecular weight excluding hydrogens is 144 g/mol. The summed E-state index contributed by atoms with van der Waals surface area (Å²) in [5.74, 6) is -0.469. The van der Waals surface area contributed by atoms with E-state index in [2.05, 4.69) is 0 Å². The van der Waals surface area contributed by atoms with Crippen LogP contribution in [-0.2, 0) is 14.2 Å². The van der Waals surface area contributed by atoms with Crippen molar-refractivity contribution in [1.29, 1.82) is 0 Å². The highest BCUT2D eigenvalue weighted by Gasteiger charge is 2.59. The molecule has 0 aromatic carbocycles. The van der Waals surface area contributed by atoms with E-state index in [0.29, 0.717) is 0 Å². The second-order valence-corrected chi connectivity index (χ2v) is 4.15. The number of hydrogen-bond acceptors (Lipinski definition) is 3. The van der Waals surface area contributed by atoms with Gasteiger partial charge in [0, 0.05) is 0 Å². The largest absolute Gasteiger partial charge is 0.341 e. The molecule has 0 radical (unpaired) electrons. The van der Waals surface area contributed by atoms with Crippen LogP contribution < -0.4 is 0 Å². The molecule has 0 spiro atoms. The van der Waals surface area contributed by atoms with E-state index in [1.807, 2.05) is 27.7 Å². The first-order valence-electron chi connectivity index (χ1n) is 3.94. The lowest BCUT2D eigenvalue weighted by Crippen LogP contribution is -2.59. The first-order valence-corrected chi connectivity index (χ1v) is 3.94. The maximum Gasteiger partial charge on any atom is 0.190 e. The van der Waals surface area contributed by atoms with Crippen LogP contribution >= 0.6 is 0 Å². The Bertz CT molecular complexity index is 184. The van der Waals surface area contributed by atoms with Crippen LogP contribution in [0.5, 0.6) is 0 Å². The summed E-state index contributed by atoms with van der Waals surface area (Å²) in [5, 5.41) is 0. The summed E-state index contributed by atoms with van der Waals surface area (Å²) < 4.78 is 16.5. The van der Waals surface area contributed by atoms with Crippen molar-refractivity contribution in [2.24, 2.45) is 0 Å². The third-order valence-electron chi connectivity index (χ3n) is 2.16. The van der Waals surface area contributed by atoms with Gasteiger partial charge in [-0.15, -0.1) is 0 Å². The van der Waals surface area contributed by atoms with E-state index in [1.54, 1.807) is 0 Å². The molecule has 0 aromatic heterocycles. The van der Waals surface area contributed by atoms with Gasteiger partial charge in [0.15, 0.2) is 12.1 Å². The molecule has 2 aliphatic heterocycles. The molecule has 2 unspecified atom stereocenters. The molecule has 0 saturated carbocycles. The molecule has 0 N–H and O–H groups in total. The van der Waals surface area contributed by atoms with Crippen LogP contribution in [-0.4, -0.2) is 23.8 Å². The standard InChI is InChI=1S/C8H14O3/c1-7(2)5-6(10-7)11-8(3,4)9-5/h5-6H,1-4H3. The molecule has 0 bridgehead atoms. The normalized spacial score (nSPS) is 44.7. The monoisotopic (exact) mass is 158 g/mol. The minimum atomic E-state index is -0.469. The molecule has 3 heteroatoms. The van der Waals surface area contributed by atoms with Crippen molar-refractivity contribution in [1.82, 2.24) is 0 Å². The summed E-state index contributed by atoms with van der Waals surface area (Å²) in [6.45, 7) is 7.84. The Kier molecular flexibility index (Phi) is 1.22. The second-order valence-electron chi connectivity index (χ2n) is 4.15. The number of fused-ring (bicyclic) bond motifs is 1. The van der Waals surface area contributed by atoms with Crippen molar-refractivity contribution in [3.05, 3.63) is 0 Å². The van der Waals surface area contributed by atoms with Gasteiger partial charge in [0.2, 0.25) is 0 Å². The van der Waals surface area contributed by atoms with Crippen molar-refractivity contribution < 1.29 is 14.2 Å². The number of hydrogen-bond donors (Lipinski definition) is 0. The Morgan fingerprint density at radius 2 is 1.55 bits per heavy atom. The minimum absolute atomic E-state index is 0.109. The lowest BCUT2D eigenvalue weighted by molar-refractivity contribution is -0.301. The average molecular weight is 158 g/mol. The van der Waals surface area contributed by atoms with Crippen LogP contribution in [0.2, 0.25) is 0 Å². The highest BCUT2D eigenvalue weighted by Crippen LogP contribution is 2.44. The van der Waals surface area contributed by atoms with E-state index < -0.39 is 5.79 Å². The molecule has 2 rings (SSSR count). The highest BCUT2D eigenvalue weighted by atomic mass is 16.9. The maximum atomic E-state index is 5.62. The van der Waals surface area contributed by atoms with Crippen LogP contribution in [0.3, 0.4) is 0 Å². The zero-order valence-electron chi connectivity index (χ0n) is 7.38. The zero-order chi connectivity index (χ0) is 8.28. The molecule has 3 nitrogen and oxygen atoms in total. The molecule has 2 saturated heterocycles.